The first-order valence-corrected chi connectivity index (χ1v) is 9.25. The number of halogens is 1. The smallest absolute Gasteiger partial charge is 0.188 e. The van der Waals surface area contributed by atoms with Crippen LogP contribution in [0.2, 0.25) is 5.02 Å². The van der Waals surface area contributed by atoms with Gasteiger partial charge in [0.1, 0.15) is 0 Å². The van der Waals surface area contributed by atoms with Crippen LogP contribution in [0.15, 0.2) is 29.3 Å². The first-order valence-electron chi connectivity index (χ1n) is 8.87. The lowest BCUT2D eigenvalue weighted by atomic mass is 10.1. The van der Waals surface area contributed by atoms with E-state index in [0.717, 1.165) is 44.1 Å². The van der Waals surface area contributed by atoms with Crippen molar-refractivity contribution < 1.29 is 4.74 Å². The third kappa shape index (κ3) is 4.85. The number of benzene rings is 1. The largest absolute Gasteiger partial charge is 0.376 e. The van der Waals surface area contributed by atoms with Gasteiger partial charge in [-0.05, 0) is 56.5 Å². The van der Waals surface area contributed by atoms with E-state index in [2.05, 4.69) is 21.3 Å². The highest BCUT2D eigenvalue weighted by Gasteiger charge is 2.23. The number of ether oxygens (including phenoxy) is 1. The highest BCUT2D eigenvalue weighted by Crippen LogP contribution is 2.27. The summed E-state index contributed by atoms with van der Waals surface area (Å²) in [5.74, 6) is 0.497. The molecule has 0 bridgehead atoms. The lowest BCUT2D eigenvalue weighted by molar-refractivity contribution is 0.114. The molecule has 1 aromatic rings. The summed E-state index contributed by atoms with van der Waals surface area (Å²) in [7, 11) is 0. The molecule has 1 aromatic carbocycles. The van der Waals surface area contributed by atoms with E-state index in [1.807, 2.05) is 18.2 Å². The minimum Gasteiger partial charge on any atom is -0.376 e. The average Bonchev–Trinajstić information content (AvgIpc) is 3.27. The van der Waals surface area contributed by atoms with Crippen LogP contribution in [0.25, 0.3) is 0 Å². The third-order valence-electron chi connectivity index (χ3n) is 4.78. The molecule has 6 heteroatoms. The fourth-order valence-corrected chi connectivity index (χ4v) is 3.66. The van der Waals surface area contributed by atoms with Gasteiger partial charge in [-0.15, -0.1) is 0 Å². The van der Waals surface area contributed by atoms with Crippen molar-refractivity contribution in [3.63, 3.8) is 0 Å². The van der Waals surface area contributed by atoms with E-state index < -0.39 is 0 Å². The summed E-state index contributed by atoms with van der Waals surface area (Å²) in [6.45, 7) is 4.45. The number of hydrogen-bond donors (Lipinski definition) is 2. The van der Waals surface area contributed by atoms with Gasteiger partial charge in [0.25, 0.3) is 0 Å². The molecule has 0 spiro atoms. The molecule has 2 aliphatic heterocycles. The standard InChI is InChI=1S/C18H27ClN4O/c19-15-6-3-5-14(11-15)17(23-8-1-2-9-23)13-22-18(20)21-12-16-7-4-10-24-16/h3,5-6,11,16-17H,1-2,4,7-10,12-13H2,(H3,20,21,22). The van der Waals surface area contributed by atoms with Crippen molar-refractivity contribution in [2.75, 3.05) is 32.8 Å². The van der Waals surface area contributed by atoms with Crippen LogP contribution in [-0.4, -0.2) is 49.7 Å². The number of guanidine groups is 1. The van der Waals surface area contributed by atoms with Crippen molar-refractivity contribution in [3.05, 3.63) is 34.9 Å². The number of hydrogen-bond acceptors (Lipinski definition) is 3. The van der Waals surface area contributed by atoms with Gasteiger partial charge in [0.2, 0.25) is 0 Å². The maximum Gasteiger partial charge on any atom is 0.188 e. The summed E-state index contributed by atoms with van der Waals surface area (Å²) in [4.78, 5) is 7.05. The first kappa shape index (κ1) is 17.5. The van der Waals surface area contributed by atoms with Crippen molar-refractivity contribution in [3.8, 4) is 0 Å². The lowest BCUT2D eigenvalue weighted by Crippen LogP contribution is -2.38. The van der Waals surface area contributed by atoms with Crippen molar-refractivity contribution >= 4 is 17.6 Å². The van der Waals surface area contributed by atoms with Crippen molar-refractivity contribution in [2.45, 2.75) is 37.8 Å². The van der Waals surface area contributed by atoms with E-state index in [1.54, 1.807) is 0 Å². The fraction of sp³-hybridized carbons (Fsp3) is 0.611. The van der Waals surface area contributed by atoms with E-state index in [9.17, 15) is 0 Å². The predicted octanol–water partition coefficient (Wildman–Crippen LogP) is 2.56. The van der Waals surface area contributed by atoms with Gasteiger partial charge in [0.05, 0.1) is 18.7 Å². The molecule has 2 saturated heterocycles. The molecule has 2 atom stereocenters. The fourth-order valence-electron chi connectivity index (χ4n) is 3.46. The predicted molar refractivity (Wildman–Crippen MR) is 98.5 cm³/mol. The Balaban J connectivity index is 1.61. The summed E-state index contributed by atoms with van der Waals surface area (Å²) in [5, 5.41) is 3.96. The highest BCUT2D eigenvalue weighted by atomic mass is 35.5. The average molecular weight is 351 g/mol. The number of likely N-dealkylation sites (tertiary alicyclic amines) is 1. The van der Waals surface area contributed by atoms with E-state index >= 15 is 0 Å². The van der Waals surface area contributed by atoms with Gasteiger partial charge in [0.15, 0.2) is 5.96 Å². The molecule has 24 heavy (non-hydrogen) atoms. The molecule has 2 unspecified atom stereocenters. The maximum atomic E-state index is 6.18. The molecular formula is C18H27ClN4O. The van der Waals surface area contributed by atoms with Crippen molar-refractivity contribution in [1.82, 2.24) is 10.2 Å². The van der Waals surface area contributed by atoms with E-state index in [1.165, 1.54) is 18.4 Å². The second-order valence-corrected chi connectivity index (χ2v) is 6.99. The minimum atomic E-state index is 0.231. The monoisotopic (exact) mass is 350 g/mol. The minimum absolute atomic E-state index is 0.231. The molecule has 2 aliphatic rings. The van der Waals surface area contributed by atoms with Crippen LogP contribution >= 0.6 is 11.6 Å². The van der Waals surface area contributed by atoms with Crippen LogP contribution in [0.5, 0.6) is 0 Å². The molecule has 0 aromatic heterocycles. The Kier molecular flexibility index (Phi) is 6.35. The number of rotatable bonds is 6. The number of nitrogens with one attached hydrogen (secondary N) is 1. The summed E-state index contributed by atoms with van der Waals surface area (Å²) in [6, 6.07) is 8.31. The lowest BCUT2D eigenvalue weighted by Gasteiger charge is -2.27. The number of nitrogens with zero attached hydrogens (tertiary/aromatic N) is 2. The van der Waals surface area contributed by atoms with E-state index in [4.69, 9.17) is 22.1 Å². The van der Waals surface area contributed by atoms with Crippen LogP contribution in [0, 0.1) is 0 Å². The van der Waals surface area contributed by atoms with Gasteiger partial charge < -0.3 is 15.8 Å². The number of aliphatic imine (C=N–C) groups is 1. The molecule has 0 radical (unpaired) electrons. The molecule has 132 valence electrons. The maximum absolute atomic E-state index is 6.18. The van der Waals surface area contributed by atoms with Crippen LogP contribution < -0.4 is 11.1 Å². The number of nitrogens with two attached hydrogens (primary N) is 1. The molecule has 0 saturated carbocycles. The van der Waals surface area contributed by atoms with Crippen LogP contribution in [0.4, 0.5) is 0 Å². The third-order valence-corrected chi connectivity index (χ3v) is 5.02. The van der Waals surface area contributed by atoms with E-state index in [0.29, 0.717) is 12.5 Å². The molecule has 2 fully saturated rings. The molecule has 0 aliphatic carbocycles. The van der Waals surface area contributed by atoms with Gasteiger partial charge in [-0.1, -0.05) is 23.7 Å². The van der Waals surface area contributed by atoms with Crippen LogP contribution in [0.3, 0.4) is 0 Å². The van der Waals surface area contributed by atoms with Gasteiger partial charge in [-0.25, -0.2) is 0 Å². The van der Waals surface area contributed by atoms with E-state index in [-0.39, 0.29) is 12.1 Å². The molecule has 3 rings (SSSR count). The molecule has 5 nitrogen and oxygen atoms in total. The summed E-state index contributed by atoms with van der Waals surface area (Å²) >= 11 is 6.18. The summed E-state index contributed by atoms with van der Waals surface area (Å²) in [6.07, 6.45) is 4.98. The first-order chi connectivity index (χ1) is 11.7. The Bertz CT molecular complexity index is 554. The van der Waals surface area contributed by atoms with Gasteiger partial charge >= 0.3 is 0 Å². The second-order valence-electron chi connectivity index (χ2n) is 6.56. The summed E-state index contributed by atoms with van der Waals surface area (Å²) in [5.41, 5.74) is 7.25. The van der Waals surface area contributed by atoms with Crippen molar-refractivity contribution in [1.29, 1.82) is 0 Å². The van der Waals surface area contributed by atoms with Gasteiger partial charge in [-0.3, -0.25) is 9.89 Å². The second kappa shape index (κ2) is 8.70. The molecular weight excluding hydrogens is 324 g/mol. The van der Waals surface area contributed by atoms with Crippen LogP contribution in [0.1, 0.15) is 37.3 Å². The quantitative estimate of drug-likeness (QED) is 0.611. The van der Waals surface area contributed by atoms with Crippen LogP contribution in [-0.2, 0) is 4.74 Å². The zero-order valence-electron chi connectivity index (χ0n) is 14.1. The molecule has 3 N–H and O–H groups in total. The Morgan fingerprint density at radius 3 is 2.92 bits per heavy atom. The van der Waals surface area contributed by atoms with Gasteiger partial charge in [-0.2, -0.15) is 0 Å². The zero-order chi connectivity index (χ0) is 16.8. The van der Waals surface area contributed by atoms with Crippen molar-refractivity contribution in [2.24, 2.45) is 10.7 Å². The normalized spacial score (nSPS) is 23.5. The summed E-state index contributed by atoms with van der Waals surface area (Å²) < 4.78 is 5.60. The highest BCUT2D eigenvalue weighted by molar-refractivity contribution is 6.30. The Morgan fingerprint density at radius 2 is 2.21 bits per heavy atom. The Hall–Kier alpha value is -1.30. The van der Waals surface area contributed by atoms with Gasteiger partial charge in [0, 0.05) is 18.2 Å². The Morgan fingerprint density at radius 1 is 1.38 bits per heavy atom. The SMILES string of the molecule is NC(=NCC(c1cccc(Cl)c1)N1CCCC1)NCC1CCCO1. The molecule has 2 heterocycles. The topological polar surface area (TPSA) is 62.9 Å². The Labute approximate surface area is 149 Å². The molecule has 0 amide bonds. The zero-order valence-corrected chi connectivity index (χ0v) is 14.8.